The number of ketones is 1. The number of Topliss-reactive ketones (excluding diaryl/α,β-unsaturated/α-hetero) is 1. The predicted molar refractivity (Wildman–Crippen MR) is 40.0 cm³/mol. The molecule has 10 heavy (non-hydrogen) atoms. The average molecular weight is 162 g/mol. The molecule has 0 rings (SSSR count). The summed E-state index contributed by atoms with van der Waals surface area (Å²) >= 11 is 1.31. The summed E-state index contributed by atoms with van der Waals surface area (Å²) in [7, 11) is 0. The third-order valence-electron chi connectivity index (χ3n) is 0.779. The third-order valence-corrected chi connectivity index (χ3v) is 1.33. The predicted octanol–water partition coefficient (Wildman–Crippen LogP) is 0.482. The van der Waals surface area contributed by atoms with Gasteiger partial charge in [0.1, 0.15) is 0 Å². The zero-order valence-electron chi connectivity index (χ0n) is 6.05. The Kier molecular flexibility index (Phi) is 5.02. The lowest BCUT2D eigenvalue weighted by Crippen LogP contribution is -2.18. The largest absolute Gasteiger partial charge is 0.460 e. The maximum atomic E-state index is 10.6. The Hall–Kier alpha value is -0.510. The second-order valence-corrected chi connectivity index (χ2v) is 2.44. The van der Waals surface area contributed by atoms with Gasteiger partial charge < -0.3 is 4.74 Å². The van der Waals surface area contributed by atoms with Crippen LogP contribution in [0.5, 0.6) is 0 Å². The Labute approximate surface area is 64.1 Å². The molecule has 0 heterocycles. The zero-order valence-corrected chi connectivity index (χ0v) is 6.86. The minimum absolute atomic E-state index is 0.207. The van der Waals surface area contributed by atoms with Crippen LogP contribution in [-0.2, 0) is 14.3 Å². The molecule has 0 N–H and O–H groups in total. The Morgan fingerprint density at radius 3 is 2.50 bits per heavy atom. The van der Waals surface area contributed by atoms with Crippen molar-refractivity contribution in [1.82, 2.24) is 0 Å². The molecule has 0 aromatic heterocycles. The highest BCUT2D eigenvalue weighted by atomic mass is 32.2. The van der Waals surface area contributed by atoms with Crippen LogP contribution >= 0.6 is 11.8 Å². The summed E-state index contributed by atoms with van der Waals surface area (Å²) in [5, 5.41) is 0. The maximum absolute atomic E-state index is 10.6. The summed E-state index contributed by atoms with van der Waals surface area (Å²) in [4.78, 5) is 21.2. The molecule has 0 saturated carbocycles. The van der Waals surface area contributed by atoms with E-state index in [-0.39, 0.29) is 12.4 Å². The third kappa shape index (κ3) is 3.50. The summed E-state index contributed by atoms with van der Waals surface area (Å²) in [6.45, 7) is 1.93. The first-order chi connectivity index (χ1) is 4.72. The van der Waals surface area contributed by atoms with Crippen molar-refractivity contribution in [3.8, 4) is 0 Å². The van der Waals surface area contributed by atoms with Crippen LogP contribution < -0.4 is 0 Å². The van der Waals surface area contributed by atoms with E-state index in [1.54, 1.807) is 13.2 Å². The lowest BCUT2D eigenvalue weighted by Gasteiger charge is -1.97. The van der Waals surface area contributed by atoms with Gasteiger partial charge in [0.15, 0.2) is 0 Å². The highest BCUT2D eigenvalue weighted by molar-refractivity contribution is 7.99. The van der Waals surface area contributed by atoms with Gasteiger partial charge in [0.25, 0.3) is 0 Å². The van der Waals surface area contributed by atoms with Gasteiger partial charge in [0, 0.05) is 0 Å². The van der Waals surface area contributed by atoms with Crippen LogP contribution in [0.4, 0.5) is 0 Å². The molecular formula is C6H10O3S. The molecule has 58 valence electrons. The summed E-state index contributed by atoms with van der Waals surface area (Å²) in [6.07, 6.45) is 1.76. The minimum atomic E-state index is -0.725. The van der Waals surface area contributed by atoms with Crippen LogP contribution in [-0.4, -0.2) is 30.4 Å². The fraction of sp³-hybridized carbons (Fsp3) is 0.667. The molecule has 0 radical (unpaired) electrons. The molecule has 0 aromatic carbocycles. The van der Waals surface area contributed by atoms with Crippen LogP contribution in [0.2, 0.25) is 0 Å². The fourth-order valence-corrected chi connectivity index (χ4v) is 0.782. The molecule has 0 atom stereocenters. The van der Waals surface area contributed by atoms with Crippen molar-refractivity contribution < 1.29 is 14.3 Å². The second kappa shape index (κ2) is 5.29. The number of carbonyl (C=O) groups is 2. The Bertz CT molecular complexity index is 117. The van der Waals surface area contributed by atoms with Crippen molar-refractivity contribution >= 4 is 23.5 Å². The number of hydrogen-bond acceptors (Lipinski definition) is 4. The molecule has 0 fully saturated rings. The lowest BCUT2D eigenvalue weighted by atomic mass is 10.5. The molecule has 0 bridgehead atoms. The van der Waals surface area contributed by atoms with E-state index in [1.807, 2.05) is 0 Å². The maximum Gasteiger partial charge on any atom is 0.375 e. The van der Waals surface area contributed by atoms with Crippen molar-refractivity contribution in [2.24, 2.45) is 0 Å². The van der Waals surface area contributed by atoms with Gasteiger partial charge >= 0.3 is 5.97 Å². The monoisotopic (exact) mass is 162 g/mol. The summed E-state index contributed by atoms with van der Waals surface area (Å²) in [5.74, 6) is -0.982. The highest BCUT2D eigenvalue weighted by Gasteiger charge is 2.12. The topological polar surface area (TPSA) is 43.4 Å². The molecule has 0 aliphatic rings. The van der Waals surface area contributed by atoms with E-state index in [0.29, 0.717) is 0 Å². The normalized spacial score (nSPS) is 9.00. The van der Waals surface area contributed by atoms with E-state index < -0.39 is 11.8 Å². The standard InChI is InChI=1S/C6H10O3S/c1-3-9-6(8)5(7)4-10-2/h3-4H2,1-2H3. The second-order valence-electron chi connectivity index (χ2n) is 1.58. The quantitative estimate of drug-likeness (QED) is 0.445. The molecular weight excluding hydrogens is 152 g/mol. The zero-order chi connectivity index (χ0) is 7.98. The lowest BCUT2D eigenvalue weighted by molar-refractivity contribution is -0.152. The molecule has 3 nitrogen and oxygen atoms in total. The Morgan fingerprint density at radius 1 is 1.50 bits per heavy atom. The SMILES string of the molecule is CCOC(=O)C(=O)CSC. The molecule has 4 heteroatoms. The fourth-order valence-electron chi connectivity index (χ4n) is 0.402. The molecule has 0 spiro atoms. The van der Waals surface area contributed by atoms with Gasteiger partial charge in [-0.2, -0.15) is 11.8 Å². The Balaban J connectivity index is 3.60. The molecule has 0 aliphatic heterocycles. The number of hydrogen-bond donors (Lipinski definition) is 0. The van der Waals surface area contributed by atoms with Crippen LogP contribution in [0.1, 0.15) is 6.92 Å². The van der Waals surface area contributed by atoms with Crippen molar-refractivity contribution in [2.75, 3.05) is 18.6 Å². The van der Waals surface area contributed by atoms with E-state index in [1.165, 1.54) is 11.8 Å². The van der Waals surface area contributed by atoms with Gasteiger partial charge in [-0.15, -0.1) is 0 Å². The number of carbonyl (C=O) groups excluding carboxylic acids is 2. The van der Waals surface area contributed by atoms with Crippen LogP contribution in [0.3, 0.4) is 0 Å². The van der Waals surface area contributed by atoms with E-state index >= 15 is 0 Å². The average Bonchev–Trinajstić information content (AvgIpc) is 1.89. The van der Waals surface area contributed by atoms with Gasteiger partial charge in [0.2, 0.25) is 5.78 Å². The minimum Gasteiger partial charge on any atom is -0.460 e. The number of esters is 1. The summed E-state index contributed by atoms with van der Waals surface area (Å²) in [6, 6.07) is 0. The van der Waals surface area contributed by atoms with E-state index in [0.717, 1.165) is 0 Å². The van der Waals surface area contributed by atoms with Crippen molar-refractivity contribution in [3.05, 3.63) is 0 Å². The first kappa shape index (κ1) is 9.49. The van der Waals surface area contributed by atoms with E-state index in [2.05, 4.69) is 4.74 Å². The van der Waals surface area contributed by atoms with Crippen LogP contribution in [0.25, 0.3) is 0 Å². The summed E-state index contributed by atoms with van der Waals surface area (Å²) < 4.78 is 4.45. The van der Waals surface area contributed by atoms with E-state index in [4.69, 9.17) is 0 Å². The van der Waals surface area contributed by atoms with Gasteiger partial charge in [-0.25, -0.2) is 4.79 Å². The first-order valence-corrected chi connectivity index (χ1v) is 4.30. The molecule has 0 aromatic rings. The highest BCUT2D eigenvalue weighted by Crippen LogP contribution is 1.93. The number of thioether (sulfide) groups is 1. The van der Waals surface area contributed by atoms with Crippen molar-refractivity contribution in [1.29, 1.82) is 0 Å². The number of ether oxygens (including phenoxy) is 1. The van der Waals surface area contributed by atoms with Gasteiger partial charge in [-0.3, -0.25) is 4.79 Å². The molecule has 0 amide bonds. The van der Waals surface area contributed by atoms with Crippen LogP contribution in [0, 0.1) is 0 Å². The van der Waals surface area contributed by atoms with Crippen molar-refractivity contribution in [3.63, 3.8) is 0 Å². The smallest absolute Gasteiger partial charge is 0.375 e. The van der Waals surface area contributed by atoms with Crippen molar-refractivity contribution in [2.45, 2.75) is 6.92 Å². The molecule has 0 unspecified atom stereocenters. The molecule has 0 aliphatic carbocycles. The van der Waals surface area contributed by atoms with Gasteiger partial charge in [0.05, 0.1) is 12.4 Å². The summed E-state index contributed by atoms with van der Waals surface area (Å²) in [5.41, 5.74) is 0. The van der Waals surface area contributed by atoms with Gasteiger partial charge in [-0.05, 0) is 13.2 Å². The van der Waals surface area contributed by atoms with E-state index in [9.17, 15) is 9.59 Å². The first-order valence-electron chi connectivity index (χ1n) is 2.91. The van der Waals surface area contributed by atoms with Gasteiger partial charge in [-0.1, -0.05) is 0 Å². The molecule has 0 saturated heterocycles. The number of rotatable bonds is 4. The van der Waals surface area contributed by atoms with Crippen LogP contribution in [0.15, 0.2) is 0 Å². The Morgan fingerprint density at radius 2 is 2.10 bits per heavy atom.